The Hall–Kier alpha value is -0.980. The van der Waals surface area contributed by atoms with E-state index in [4.69, 9.17) is 4.74 Å². The number of nitrogens with zero attached hydrogens (tertiary/aromatic N) is 4. The highest BCUT2D eigenvalue weighted by Crippen LogP contribution is 2.26. The van der Waals surface area contributed by atoms with Gasteiger partial charge in [0.2, 0.25) is 5.95 Å². The molecule has 1 fully saturated rings. The average Bonchev–Trinajstić information content (AvgIpc) is 2.55. The second-order valence-corrected chi connectivity index (χ2v) is 7.23. The van der Waals surface area contributed by atoms with Crippen molar-refractivity contribution in [2.24, 2.45) is 0 Å². The first kappa shape index (κ1) is 18.4. The molecule has 6 heteroatoms. The third-order valence-corrected chi connectivity index (χ3v) is 4.59. The summed E-state index contributed by atoms with van der Waals surface area (Å²) >= 11 is 3.37. The molecule has 23 heavy (non-hydrogen) atoms. The minimum Gasteiger partial charge on any atom is -0.374 e. The van der Waals surface area contributed by atoms with Crippen LogP contribution in [0.3, 0.4) is 0 Å². The minimum atomic E-state index is 0.384. The fraction of sp³-hybridized carbons (Fsp3) is 0.647. The van der Waals surface area contributed by atoms with E-state index in [0.717, 1.165) is 49.3 Å². The van der Waals surface area contributed by atoms with E-state index in [1.54, 1.807) is 12.4 Å². The molecule has 0 aromatic carbocycles. The Kier molecular flexibility index (Phi) is 7.46. The summed E-state index contributed by atoms with van der Waals surface area (Å²) < 4.78 is 6.86. The van der Waals surface area contributed by atoms with Crippen molar-refractivity contribution in [3.05, 3.63) is 29.0 Å². The van der Waals surface area contributed by atoms with Gasteiger partial charge >= 0.3 is 0 Å². The zero-order chi connectivity index (χ0) is 16.7. The van der Waals surface area contributed by atoms with Crippen molar-refractivity contribution in [2.75, 3.05) is 39.2 Å². The quantitative estimate of drug-likeness (QED) is 0.677. The summed E-state index contributed by atoms with van der Waals surface area (Å²) in [7, 11) is 6.22. The molecule has 0 aliphatic heterocycles. The normalized spacial score (nSPS) is 22.0. The van der Waals surface area contributed by atoms with Crippen LogP contribution in [0, 0.1) is 0 Å². The zero-order valence-electron chi connectivity index (χ0n) is 14.3. The molecule has 0 bridgehead atoms. The highest BCUT2D eigenvalue weighted by atomic mass is 79.9. The Morgan fingerprint density at radius 2 is 1.78 bits per heavy atom. The van der Waals surface area contributed by atoms with E-state index in [9.17, 15) is 0 Å². The average molecular weight is 383 g/mol. The molecule has 1 aliphatic rings. The smallest absolute Gasteiger partial charge is 0.225 e. The standard InChI is InChI=1S/C17H27BrN4O/c1-21(2)10-4-5-11-23-16-8-6-15(7-9-16)22(3)17-19-12-14(18)13-20-17/h4-5,12-13,15-16H,6-11H2,1-3H3. The lowest BCUT2D eigenvalue weighted by Crippen LogP contribution is -2.38. The maximum absolute atomic E-state index is 5.95. The van der Waals surface area contributed by atoms with Gasteiger partial charge in [-0.3, -0.25) is 0 Å². The van der Waals surface area contributed by atoms with Crippen LogP contribution in [0.1, 0.15) is 25.7 Å². The Labute approximate surface area is 147 Å². The molecule has 0 N–H and O–H groups in total. The third-order valence-electron chi connectivity index (χ3n) is 4.18. The van der Waals surface area contributed by atoms with Gasteiger partial charge < -0.3 is 14.5 Å². The molecule has 1 heterocycles. The largest absolute Gasteiger partial charge is 0.374 e. The molecule has 0 atom stereocenters. The molecule has 0 saturated heterocycles. The van der Waals surface area contributed by atoms with Gasteiger partial charge in [0.25, 0.3) is 0 Å². The minimum absolute atomic E-state index is 0.384. The highest BCUT2D eigenvalue weighted by molar-refractivity contribution is 9.10. The third kappa shape index (κ3) is 6.20. The first-order valence-electron chi connectivity index (χ1n) is 8.18. The lowest BCUT2D eigenvalue weighted by Gasteiger charge is -2.34. The number of halogens is 1. The van der Waals surface area contributed by atoms with E-state index in [0.29, 0.717) is 12.1 Å². The fourth-order valence-corrected chi connectivity index (χ4v) is 3.00. The first-order valence-corrected chi connectivity index (χ1v) is 8.97. The van der Waals surface area contributed by atoms with Crippen LogP contribution in [-0.2, 0) is 4.74 Å². The fourth-order valence-electron chi connectivity index (χ4n) is 2.80. The molecule has 1 aromatic heterocycles. The van der Waals surface area contributed by atoms with E-state index >= 15 is 0 Å². The molecule has 1 aliphatic carbocycles. The molecular formula is C17H27BrN4O. The maximum atomic E-state index is 5.95. The monoisotopic (exact) mass is 382 g/mol. The lowest BCUT2D eigenvalue weighted by molar-refractivity contribution is 0.0422. The number of hydrogen-bond acceptors (Lipinski definition) is 5. The zero-order valence-corrected chi connectivity index (χ0v) is 15.9. The van der Waals surface area contributed by atoms with Gasteiger partial charge in [0, 0.05) is 32.0 Å². The van der Waals surface area contributed by atoms with Gasteiger partial charge in [0.15, 0.2) is 0 Å². The van der Waals surface area contributed by atoms with Crippen molar-refractivity contribution in [1.82, 2.24) is 14.9 Å². The molecule has 0 amide bonds. The highest BCUT2D eigenvalue weighted by Gasteiger charge is 2.25. The summed E-state index contributed by atoms with van der Waals surface area (Å²) in [6.45, 7) is 1.68. The van der Waals surface area contributed by atoms with E-state index in [2.05, 4.69) is 69.0 Å². The van der Waals surface area contributed by atoms with Gasteiger partial charge in [0.1, 0.15) is 0 Å². The maximum Gasteiger partial charge on any atom is 0.225 e. The summed E-state index contributed by atoms with van der Waals surface area (Å²) in [5.41, 5.74) is 0. The predicted molar refractivity (Wildman–Crippen MR) is 97.8 cm³/mol. The van der Waals surface area contributed by atoms with E-state index < -0.39 is 0 Å². The van der Waals surface area contributed by atoms with E-state index in [-0.39, 0.29) is 0 Å². The number of ether oxygens (including phenoxy) is 1. The van der Waals surface area contributed by atoms with Gasteiger partial charge in [-0.25, -0.2) is 9.97 Å². The number of rotatable bonds is 7. The molecule has 128 valence electrons. The van der Waals surface area contributed by atoms with Gasteiger partial charge in [-0.05, 0) is 55.7 Å². The summed E-state index contributed by atoms with van der Waals surface area (Å²) in [6, 6.07) is 0.500. The lowest BCUT2D eigenvalue weighted by atomic mass is 9.92. The van der Waals surface area contributed by atoms with Crippen LogP contribution in [0.15, 0.2) is 29.0 Å². The van der Waals surface area contributed by atoms with Crippen LogP contribution < -0.4 is 4.90 Å². The Morgan fingerprint density at radius 3 is 2.39 bits per heavy atom. The number of likely N-dealkylation sites (N-methyl/N-ethyl adjacent to an activating group) is 1. The van der Waals surface area contributed by atoms with Crippen molar-refractivity contribution in [1.29, 1.82) is 0 Å². The second kappa shape index (κ2) is 9.35. The summed E-state index contributed by atoms with van der Waals surface area (Å²) in [5, 5.41) is 0. The van der Waals surface area contributed by atoms with E-state index in [1.165, 1.54) is 0 Å². The van der Waals surface area contributed by atoms with Crippen molar-refractivity contribution < 1.29 is 4.74 Å². The van der Waals surface area contributed by atoms with Gasteiger partial charge in [-0.2, -0.15) is 0 Å². The molecule has 2 rings (SSSR count). The van der Waals surface area contributed by atoms with Crippen LogP contribution >= 0.6 is 15.9 Å². The topological polar surface area (TPSA) is 41.5 Å². The molecule has 1 aromatic rings. The first-order chi connectivity index (χ1) is 11.1. The van der Waals surface area contributed by atoms with Crippen molar-refractivity contribution in [3.63, 3.8) is 0 Å². The predicted octanol–water partition coefficient (Wildman–Crippen LogP) is 3.12. The molecule has 5 nitrogen and oxygen atoms in total. The van der Waals surface area contributed by atoms with Crippen molar-refractivity contribution in [3.8, 4) is 0 Å². The second-order valence-electron chi connectivity index (χ2n) is 6.31. The Bertz CT molecular complexity index is 484. The molecule has 0 spiro atoms. The van der Waals surface area contributed by atoms with Crippen LogP contribution in [0.4, 0.5) is 5.95 Å². The van der Waals surface area contributed by atoms with Gasteiger partial charge in [-0.15, -0.1) is 0 Å². The van der Waals surface area contributed by atoms with E-state index in [1.807, 2.05) is 0 Å². The van der Waals surface area contributed by atoms with Crippen molar-refractivity contribution in [2.45, 2.75) is 37.8 Å². The van der Waals surface area contributed by atoms with Crippen LogP contribution in [0.5, 0.6) is 0 Å². The summed E-state index contributed by atoms with van der Waals surface area (Å²) in [5.74, 6) is 0.796. The SMILES string of the molecule is CN(C)CC=CCOC1CCC(N(C)c2ncc(Br)cn2)CC1. The summed E-state index contributed by atoms with van der Waals surface area (Å²) in [4.78, 5) is 13.1. The molecule has 1 saturated carbocycles. The van der Waals surface area contributed by atoms with Crippen LogP contribution in [0.2, 0.25) is 0 Å². The summed E-state index contributed by atoms with van der Waals surface area (Å²) in [6.07, 6.45) is 12.7. The molecule has 0 radical (unpaired) electrons. The number of anilines is 1. The van der Waals surface area contributed by atoms with Crippen LogP contribution in [0.25, 0.3) is 0 Å². The van der Waals surface area contributed by atoms with Gasteiger partial charge in [-0.1, -0.05) is 12.2 Å². The van der Waals surface area contributed by atoms with Crippen LogP contribution in [-0.4, -0.2) is 61.3 Å². The van der Waals surface area contributed by atoms with Crippen molar-refractivity contribution >= 4 is 21.9 Å². The van der Waals surface area contributed by atoms with Gasteiger partial charge in [0.05, 0.1) is 17.2 Å². The molecular weight excluding hydrogens is 356 g/mol. The Morgan fingerprint density at radius 1 is 1.13 bits per heavy atom. The number of aromatic nitrogens is 2. The Balaban J connectivity index is 1.71. The number of hydrogen-bond donors (Lipinski definition) is 0. The molecule has 0 unspecified atom stereocenters.